The monoisotopic (exact) mass is 392 g/mol. The zero-order valence-corrected chi connectivity index (χ0v) is 16.0. The van der Waals surface area contributed by atoms with Gasteiger partial charge in [0.2, 0.25) is 5.78 Å². The molecule has 1 fully saturated rings. The van der Waals surface area contributed by atoms with Crippen LogP contribution in [0.2, 0.25) is 0 Å². The molecule has 3 aromatic rings. The number of aryl methyl sites for hydroxylation is 2. The Kier molecular flexibility index (Phi) is 4.27. The van der Waals surface area contributed by atoms with E-state index in [2.05, 4.69) is 10.1 Å². The summed E-state index contributed by atoms with van der Waals surface area (Å²) in [6, 6.07) is 12.7. The zero-order chi connectivity index (χ0) is 20.0. The van der Waals surface area contributed by atoms with Gasteiger partial charge in [-0.1, -0.05) is 30.3 Å². The molecule has 2 N–H and O–H groups in total. The third-order valence-electron chi connectivity index (χ3n) is 4.73. The number of anilines is 1. The van der Waals surface area contributed by atoms with Crippen molar-refractivity contribution in [3.05, 3.63) is 58.6 Å². The number of thiazole rings is 1. The van der Waals surface area contributed by atoms with Crippen LogP contribution in [-0.2, 0) is 14.4 Å². The Bertz CT molecular complexity index is 1130. The van der Waals surface area contributed by atoms with Crippen LogP contribution in [-0.4, -0.2) is 28.3 Å². The highest BCUT2D eigenvalue weighted by atomic mass is 32.1. The number of carbonyl (C=O) groups excluding carboxylic acids is 3. The van der Waals surface area contributed by atoms with Gasteiger partial charge >= 0.3 is 5.91 Å². The van der Waals surface area contributed by atoms with Crippen molar-refractivity contribution in [1.82, 2.24) is 4.98 Å². The highest BCUT2D eigenvalue weighted by Crippen LogP contribution is 2.35. The van der Waals surface area contributed by atoms with Gasteiger partial charge in [0.1, 0.15) is 16.6 Å². The Labute approximate surface area is 164 Å². The number of carbonyl (C=O) groups is 3. The molecule has 2 aromatic carbocycles. The molecule has 7 nitrogen and oxygen atoms in total. The third kappa shape index (κ3) is 2.61. The quantitative estimate of drug-likeness (QED) is 0.312. The van der Waals surface area contributed by atoms with Crippen molar-refractivity contribution in [3.63, 3.8) is 0 Å². The van der Waals surface area contributed by atoms with Crippen LogP contribution >= 0.6 is 11.3 Å². The maximum Gasteiger partial charge on any atom is 0.302 e. The molecule has 0 bridgehead atoms. The first kappa shape index (κ1) is 18.0. The van der Waals surface area contributed by atoms with Crippen molar-refractivity contribution in [1.29, 1.82) is 0 Å². The number of nitrogens with two attached hydrogens (primary N) is 1. The Morgan fingerprint density at radius 3 is 2.32 bits per heavy atom. The minimum atomic E-state index is -1.19. The number of aromatic nitrogens is 1. The van der Waals surface area contributed by atoms with Crippen LogP contribution in [0.3, 0.4) is 0 Å². The summed E-state index contributed by atoms with van der Waals surface area (Å²) < 4.78 is 0.846. The molecule has 0 spiro atoms. The van der Waals surface area contributed by atoms with Crippen LogP contribution in [0.15, 0.2) is 47.6 Å². The largest absolute Gasteiger partial charge is 0.323 e. The number of benzene rings is 2. The molecular formula is C20H16N4O3S. The van der Waals surface area contributed by atoms with Crippen LogP contribution in [0.25, 0.3) is 10.2 Å². The van der Waals surface area contributed by atoms with Crippen molar-refractivity contribution in [3.8, 4) is 0 Å². The summed E-state index contributed by atoms with van der Waals surface area (Å²) in [6.07, 6.45) is 0. The minimum absolute atomic E-state index is 0.189. The van der Waals surface area contributed by atoms with E-state index in [-0.39, 0.29) is 5.71 Å². The van der Waals surface area contributed by atoms with Gasteiger partial charge in [0.05, 0.1) is 15.9 Å². The second kappa shape index (κ2) is 6.65. The number of para-hydroxylation sites is 2. The summed E-state index contributed by atoms with van der Waals surface area (Å²) in [6.45, 7) is 3.54. The van der Waals surface area contributed by atoms with Crippen LogP contribution in [0, 0.1) is 13.8 Å². The minimum Gasteiger partial charge on any atom is -0.323 e. The first-order chi connectivity index (χ1) is 13.4. The maximum atomic E-state index is 13.1. The van der Waals surface area contributed by atoms with E-state index < -0.39 is 23.5 Å². The summed E-state index contributed by atoms with van der Waals surface area (Å²) in [4.78, 5) is 44.4. The first-order valence-electron chi connectivity index (χ1n) is 8.56. The Hall–Kier alpha value is -3.39. The van der Waals surface area contributed by atoms with Crippen molar-refractivity contribution in [2.24, 2.45) is 10.9 Å². The van der Waals surface area contributed by atoms with Gasteiger partial charge in [-0.05, 0) is 37.1 Å². The lowest BCUT2D eigenvalue weighted by Gasteiger charge is -2.30. The van der Waals surface area contributed by atoms with Crippen molar-refractivity contribution < 1.29 is 14.4 Å². The van der Waals surface area contributed by atoms with Crippen LogP contribution in [0.1, 0.15) is 22.1 Å². The fourth-order valence-electron chi connectivity index (χ4n) is 3.42. The fraction of sp³-hybridized carbons (Fsp3) is 0.150. The van der Waals surface area contributed by atoms with Crippen LogP contribution in [0.4, 0.5) is 5.69 Å². The van der Waals surface area contributed by atoms with E-state index >= 15 is 0 Å². The van der Waals surface area contributed by atoms with Crippen LogP contribution < -0.4 is 10.7 Å². The van der Waals surface area contributed by atoms with Gasteiger partial charge in [-0.25, -0.2) is 9.88 Å². The van der Waals surface area contributed by atoms with Gasteiger partial charge in [0.15, 0.2) is 0 Å². The summed E-state index contributed by atoms with van der Waals surface area (Å²) >= 11 is 1.24. The Morgan fingerprint density at radius 1 is 1.00 bits per heavy atom. The van der Waals surface area contributed by atoms with E-state index in [4.69, 9.17) is 5.84 Å². The number of hydrogen-bond donors (Lipinski definition) is 1. The van der Waals surface area contributed by atoms with Gasteiger partial charge < -0.3 is 5.84 Å². The van der Waals surface area contributed by atoms with E-state index in [1.165, 1.54) is 11.3 Å². The van der Waals surface area contributed by atoms with Gasteiger partial charge in [0.25, 0.3) is 5.91 Å². The Balaban J connectivity index is 1.85. The molecule has 0 unspecified atom stereocenters. The summed E-state index contributed by atoms with van der Waals surface area (Å²) in [5.41, 5.74) is 2.28. The maximum absolute atomic E-state index is 13.1. The third-order valence-corrected chi connectivity index (χ3v) is 5.83. The van der Waals surface area contributed by atoms with Gasteiger partial charge in [-0.2, -0.15) is 5.10 Å². The zero-order valence-electron chi connectivity index (χ0n) is 15.2. The highest BCUT2D eigenvalue weighted by molar-refractivity contribution is 7.19. The number of hydrazone groups is 1. The summed E-state index contributed by atoms with van der Waals surface area (Å²) in [5, 5.41) is 3.93. The molecule has 140 valence electrons. The fourth-order valence-corrected chi connectivity index (χ4v) is 4.49. The Morgan fingerprint density at radius 2 is 1.68 bits per heavy atom. The van der Waals surface area contributed by atoms with Crippen molar-refractivity contribution in [2.45, 2.75) is 19.8 Å². The van der Waals surface area contributed by atoms with E-state index in [0.717, 1.165) is 9.60 Å². The van der Waals surface area contributed by atoms with E-state index in [1.807, 2.05) is 24.3 Å². The number of nitrogens with zero attached hydrogens (tertiary/aromatic N) is 3. The van der Waals surface area contributed by atoms with Crippen molar-refractivity contribution in [2.75, 3.05) is 4.90 Å². The highest BCUT2D eigenvalue weighted by Gasteiger charge is 2.48. The number of rotatable bonds is 2. The first-order valence-corrected chi connectivity index (χ1v) is 9.37. The second-order valence-corrected chi connectivity index (χ2v) is 7.58. The normalized spacial score (nSPS) is 19.1. The number of piperidine rings is 1. The predicted octanol–water partition coefficient (Wildman–Crippen LogP) is 2.45. The van der Waals surface area contributed by atoms with E-state index in [0.29, 0.717) is 27.3 Å². The molecule has 1 atom stereocenters. The molecule has 0 radical (unpaired) electrons. The van der Waals surface area contributed by atoms with E-state index in [1.54, 1.807) is 32.0 Å². The molecule has 1 aromatic heterocycles. The number of imide groups is 1. The van der Waals surface area contributed by atoms with Crippen molar-refractivity contribution >= 4 is 50.6 Å². The topological polar surface area (TPSA) is 106 Å². The lowest BCUT2D eigenvalue weighted by atomic mass is 9.91. The predicted molar refractivity (Wildman–Crippen MR) is 107 cm³/mol. The number of ketones is 1. The number of Topliss-reactive ketones (excluding diaryl/α,β-unsaturated/α-hetero) is 1. The van der Waals surface area contributed by atoms with E-state index in [9.17, 15) is 14.4 Å². The van der Waals surface area contributed by atoms with Crippen LogP contribution in [0.5, 0.6) is 0 Å². The van der Waals surface area contributed by atoms with Gasteiger partial charge in [-0.15, -0.1) is 11.3 Å². The lowest BCUT2D eigenvalue weighted by Crippen LogP contribution is -2.55. The average molecular weight is 392 g/mol. The molecule has 2 amide bonds. The standard InChI is InChI=1S/C20H16N4O3S/c1-10-6-5-7-11(2)16(10)24-19(26)15(23-21)14(17(25)20(24)27)18-22-12-8-3-4-9-13(12)28-18/h3-9,14H,21H2,1-2H3/b23-15-/t14-/m1/s1. The number of amides is 2. The number of hydrogen-bond acceptors (Lipinski definition) is 7. The molecule has 1 aliphatic rings. The molecular weight excluding hydrogens is 376 g/mol. The molecule has 0 aliphatic carbocycles. The summed E-state index contributed by atoms with van der Waals surface area (Å²) in [7, 11) is 0. The number of fused-ring (bicyclic) bond motifs is 1. The molecule has 1 aliphatic heterocycles. The second-order valence-electron chi connectivity index (χ2n) is 6.52. The van der Waals surface area contributed by atoms with Gasteiger partial charge in [-0.3, -0.25) is 14.4 Å². The smallest absolute Gasteiger partial charge is 0.302 e. The SMILES string of the molecule is Cc1cccc(C)c1N1C(=O)C(=O)[C@H](c2nc3ccccc3s2)/C(=N/N)C1=O. The average Bonchev–Trinajstić information content (AvgIpc) is 3.10. The molecule has 28 heavy (non-hydrogen) atoms. The molecule has 1 saturated heterocycles. The molecule has 0 saturated carbocycles. The summed E-state index contributed by atoms with van der Waals surface area (Å²) in [5.74, 6) is 1.93. The molecule has 2 heterocycles. The lowest BCUT2D eigenvalue weighted by molar-refractivity contribution is -0.139. The molecule has 8 heteroatoms. The van der Waals surface area contributed by atoms with Gasteiger partial charge in [0, 0.05) is 0 Å². The molecule has 4 rings (SSSR count).